The number of rotatable bonds is 12. The number of thiazole rings is 2. The molecule has 0 spiro atoms. The number of Topliss-reactive ketones (excluding diaryl/α,β-unsaturated/α-hetero) is 2. The Morgan fingerprint density at radius 2 is 1.21 bits per heavy atom. The highest BCUT2D eigenvalue weighted by Crippen LogP contribution is 2.39. The van der Waals surface area contributed by atoms with Gasteiger partial charge in [0.05, 0.1) is 45.6 Å². The maximum Gasteiger partial charge on any atom is 0.140 e. The largest absolute Gasteiger partial charge is 0.299 e. The van der Waals surface area contributed by atoms with E-state index < -0.39 is 0 Å². The van der Waals surface area contributed by atoms with Crippen molar-refractivity contribution in [3.8, 4) is 0 Å². The van der Waals surface area contributed by atoms with E-state index in [1.807, 2.05) is 22.9 Å². The fraction of sp³-hybridized carbons (Fsp3) is 0.429. The molecule has 4 aromatic rings. The van der Waals surface area contributed by atoms with Crippen LogP contribution in [0.25, 0.3) is 0 Å². The highest BCUT2D eigenvalue weighted by atomic mass is 32.1. The smallest absolute Gasteiger partial charge is 0.140 e. The standard InChI is InChI=1S/C28H30N6O2S2/c35-23(17-27-29-12-14-37-27)8-4-21-6-10-25(33-31-21)19-2-1-3-20(16-19)26-11-7-22(32-34-26)5-9-24(36)18-28-30-13-15-38-28/h6-7,10-15,19-20H,1-5,8-9,16-18H2/t19-,20-/m0/s1. The van der Waals surface area contributed by atoms with Gasteiger partial charge < -0.3 is 0 Å². The summed E-state index contributed by atoms with van der Waals surface area (Å²) in [5.41, 5.74) is 3.71. The molecule has 0 unspecified atom stereocenters. The van der Waals surface area contributed by atoms with E-state index >= 15 is 0 Å². The van der Waals surface area contributed by atoms with Gasteiger partial charge in [-0.25, -0.2) is 9.97 Å². The second-order valence-corrected chi connectivity index (χ2v) is 11.7. The van der Waals surface area contributed by atoms with Gasteiger partial charge in [0, 0.05) is 47.8 Å². The number of hydrogen-bond acceptors (Lipinski definition) is 10. The molecule has 196 valence electrons. The summed E-state index contributed by atoms with van der Waals surface area (Å²) >= 11 is 3.02. The molecular weight excluding hydrogens is 516 g/mol. The molecule has 38 heavy (non-hydrogen) atoms. The van der Waals surface area contributed by atoms with Crippen molar-refractivity contribution >= 4 is 34.2 Å². The Kier molecular flexibility index (Phi) is 9.03. The Morgan fingerprint density at radius 3 is 1.61 bits per heavy atom. The predicted octanol–water partition coefficient (Wildman–Crippen LogP) is 5.11. The summed E-state index contributed by atoms with van der Waals surface area (Å²) in [7, 11) is 0. The van der Waals surface area contributed by atoms with E-state index in [0.717, 1.165) is 58.5 Å². The fourth-order valence-electron chi connectivity index (χ4n) is 4.90. The van der Waals surface area contributed by atoms with E-state index in [4.69, 9.17) is 0 Å². The Bertz CT molecular complexity index is 1210. The first-order valence-corrected chi connectivity index (χ1v) is 14.8. The molecular formula is C28H30N6O2S2. The van der Waals surface area contributed by atoms with Crippen LogP contribution in [0.4, 0.5) is 0 Å². The summed E-state index contributed by atoms with van der Waals surface area (Å²) in [6.07, 6.45) is 10.6. The molecule has 2 atom stereocenters. The quantitative estimate of drug-likeness (QED) is 0.241. The van der Waals surface area contributed by atoms with Crippen LogP contribution in [0, 0.1) is 0 Å². The number of aromatic nitrogens is 6. The molecule has 1 fully saturated rings. The van der Waals surface area contributed by atoms with Crippen molar-refractivity contribution in [3.05, 3.63) is 80.2 Å². The van der Waals surface area contributed by atoms with Crippen LogP contribution in [-0.2, 0) is 35.3 Å². The first-order chi connectivity index (χ1) is 18.6. The molecule has 0 aliphatic heterocycles. The van der Waals surface area contributed by atoms with Crippen molar-refractivity contribution in [3.63, 3.8) is 0 Å². The average molecular weight is 547 g/mol. The molecule has 0 N–H and O–H groups in total. The van der Waals surface area contributed by atoms with Crippen molar-refractivity contribution in [1.29, 1.82) is 0 Å². The monoisotopic (exact) mass is 546 g/mol. The first kappa shape index (κ1) is 26.4. The van der Waals surface area contributed by atoms with Crippen LogP contribution in [0.5, 0.6) is 0 Å². The number of carbonyl (C=O) groups excluding carboxylic acids is 2. The lowest BCUT2D eigenvalue weighted by Gasteiger charge is -2.28. The molecule has 8 nitrogen and oxygen atoms in total. The van der Waals surface area contributed by atoms with Gasteiger partial charge in [-0.3, -0.25) is 9.59 Å². The summed E-state index contributed by atoms with van der Waals surface area (Å²) in [6, 6.07) is 8.15. The van der Waals surface area contributed by atoms with Crippen LogP contribution in [0.2, 0.25) is 0 Å². The van der Waals surface area contributed by atoms with E-state index in [2.05, 4.69) is 42.5 Å². The topological polar surface area (TPSA) is 111 Å². The minimum atomic E-state index is 0.176. The van der Waals surface area contributed by atoms with Gasteiger partial charge in [-0.05, 0) is 56.4 Å². The maximum absolute atomic E-state index is 12.2. The zero-order valence-corrected chi connectivity index (χ0v) is 22.8. The third-order valence-electron chi connectivity index (χ3n) is 6.98. The summed E-state index contributed by atoms with van der Waals surface area (Å²) in [5.74, 6) is 1.03. The van der Waals surface area contributed by atoms with Gasteiger partial charge in [0.1, 0.15) is 11.6 Å². The Morgan fingerprint density at radius 1 is 0.711 bits per heavy atom. The minimum absolute atomic E-state index is 0.176. The number of ketones is 2. The van der Waals surface area contributed by atoms with E-state index in [0.29, 0.717) is 50.4 Å². The molecule has 4 heterocycles. The van der Waals surface area contributed by atoms with E-state index in [1.54, 1.807) is 12.4 Å². The Hall–Kier alpha value is -3.24. The molecule has 0 saturated heterocycles. The predicted molar refractivity (Wildman–Crippen MR) is 146 cm³/mol. The number of carbonyl (C=O) groups is 2. The van der Waals surface area contributed by atoms with Crippen LogP contribution < -0.4 is 0 Å². The molecule has 4 aromatic heterocycles. The fourth-order valence-corrected chi connectivity index (χ4v) is 6.19. The SMILES string of the molecule is O=C(CCc1ccc([C@H]2CCC[C@H](c3ccc(CCC(=O)Cc4nccs4)nn3)C2)nn1)Cc1nccs1. The van der Waals surface area contributed by atoms with E-state index in [-0.39, 0.29) is 11.6 Å². The van der Waals surface area contributed by atoms with Crippen molar-refractivity contribution < 1.29 is 9.59 Å². The summed E-state index contributed by atoms with van der Waals surface area (Å²) in [4.78, 5) is 32.8. The van der Waals surface area contributed by atoms with Crippen LogP contribution in [0.1, 0.15) is 83.2 Å². The van der Waals surface area contributed by atoms with Crippen molar-refractivity contribution in [2.75, 3.05) is 0 Å². The van der Waals surface area contributed by atoms with Crippen molar-refractivity contribution in [2.24, 2.45) is 0 Å². The minimum Gasteiger partial charge on any atom is -0.299 e. The van der Waals surface area contributed by atoms with Crippen LogP contribution >= 0.6 is 22.7 Å². The normalized spacial score (nSPS) is 17.4. The molecule has 0 aromatic carbocycles. The lowest BCUT2D eigenvalue weighted by Crippen LogP contribution is -2.16. The van der Waals surface area contributed by atoms with Gasteiger partial charge >= 0.3 is 0 Å². The molecule has 0 amide bonds. The molecule has 1 aliphatic carbocycles. The Balaban J connectivity index is 1.09. The lowest BCUT2D eigenvalue weighted by atomic mass is 9.78. The van der Waals surface area contributed by atoms with Crippen LogP contribution in [0.15, 0.2) is 47.4 Å². The molecule has 1 saturated carbocycles. The lowest BCUT2D eigenvalue weighted by molar-refractivity contribution is -0.119. The number of aryl methyl sites for hydroxylation is 2. The second kappa shape index (κ2) is 13.0. The highest BCUT2D eigenvalue weighted by molar-refractivity contribution is 7.09. The van der Waals surface area contributed by atoms with Crippen LogP contribution in [0.3, 0.4) is 0 Å². The first-order valence-electron chi connectivity index (χ1n) is 13.1. The number of nitrogens with zero attached hydrogens (tertiary/aromatic N) is 6. The summed E-state index contributed by atoms with van der Waals surface area (Å²) in [5, 5.41) is 23.4. The van der Waals surface area contributed by atoms with Gasteiger partial charge in [0.15, 0.2) is 0 Å². The van der Waals surface area contributed by atoms with Gasteiger partial charge in [0.25, 0.3) is 0 Å². The summed E-state index contributed by atoms with van der Waals surface area (Å²) < 4.78 is 0. The van der Waals surface area contributed by atoms with Gasteiger partial charge in [-0.15, -0.1) is 22.7 Å². The maximum atomic E-state index is 12.2. The van der Waals surface area contributed by atoms with Crippen LogP contribution in [-0.4, -0.2) is 41.9 Å². The Labute approximate surface area is 230 Å². The molecule has 0 bridgehead atoms. The number of hydrogen-bond donors (Lipinski definition) is 0. The zero-order chi connectivity index (χ0) is 26.2. The van der Waals surface area contributed by atoms with Crippen molar-refractivity contribution in [1.82, 2.24) is 30.4 Å². The van der Waals surface area contributed by atoms with E-state index in [1.165, 1.54) is 22.7 Å². The highest BCUT2D eigenvalue weighted by Gasteiger charge is 2.26. The van der Waals surface area contributed by atoms with Gasteiger partial charge in [-0.2, -0.15) is 20.4 Å². The molecule has 5 rings (SSSR count). The average Bonchev–Trinajstić information content (AvgIpc) is 3.66. The second-order valence-electron chi connectivity index (χ2n) is 9.74. The third kappa shape index (κ3) is 7.41. The van der Waals surface area contributed by atoms with E-state index in [9.17, 15) is 9.59 Å². The molecule has 10 heteroatoms. The molecule has 1 aliphatic rings. The van der Waals surface area contributed by atoms with Gasteiger partial charge in [0.2, 0.25) is 0 Å². The summed E-state index contributed by atoms with van der Waals surface area (Å²) in [6.45, 7) is 0. The third-order valence-corrected chi connectivity index (χ3v) is 8.53. The zero-order valence-electron chi connectivity index (χ0n) is 21.2. The van der Waals surface area contributed by atoms with Gasteiger partial charge in [-0.1, -0.05) is 6.42 Å². The molecule has 0 radical (unpaired) electrons. The van der Waals surface area contributed by atoms with Crippen molar-refractivity contribution in [2.45, 2.75) is 76.0 Å².